The molecular weight excluding hydrogens is 389 g/mol. The summed E-state index contributed by atoms with van der Waals surface area (Å²) in [4.78, 5) is 6.41. The van der Waals surface area contributed by atoms with Crippen LogP contribution in [0.3, 0.4) is 0 Å². The zero-order valence-corrected chi connectivity index (χ0v) is 15.6. The molecule has 1 aromatic heterocycles. The Morgan fingerprint density at radius 1 is 1.07 bits per heavy atom. The Labute approximate surface area is 165 Å². The number of alkyl halides is 3. The summed E-state index contributed by atoms with van der Waals surface area (Å²) in [5.74, 6) is 0.0109. The van der Waals surface area contributed by atoms with E-state index in [9.17, 15) is 18.3 Å². The molecule has 0 unspecified atom stereocenters. The van der Waals surface area contributed by atoms with Crippen LogP contribution in [0, 0.1) is 0 Å². The van der Waals surface area contributed by atoms with Crippen molar-refractivity contribution in [3.8, 4) is 5.75 Å². The monoisotopic (exact) mass is 406 g/mol. The fourth-order valence-corrected chi connectivity index (χ4v) is 4.13. The van der Waals surface area contributed by atoms with Crippen LogP contribution in [0.4, 0.5) is 13.2 Å². The van der Waals surface area contributed by atoms with Crippen molar-refractivity contribution >= 4 is 22.5 Å². The number of hydrogen-bond acceptors (Lipinski definition) is 3. The number of fused-ring (bicyclic) bond motifs is 1. The van der Waals surface area contributed by atoms with Crippen LogP contribution in [0.1, 0.15) is 35.6 Å². The third-order valence-electron chi connectivity index (χ3n) is 5.20. The second-order valence-electron chi connectivity index (χ2n) is 6.96. The molecule has 2 aromatic carbocycles. The van der Waals surface area contributed by atoms with Crippen molar-refractivity contribution in [2.24, 2.45) is 0 Å². The van der Waals surface area contributed by atoms with Gasteiger partial charge in [0.1, 0.15) is 11.3 Å². The van der Waals surface area contributed by atoms with Crippen LogP contribution in [-0.2, 0) is 6.18 Å². The fourth-order valence-electron chi connectivity index (χ4n) is 3.86. The molecule has 2 heterocycles. The minimum atomic E-state index is -4.39. The van der Waals surface area contributed by atoms with Crippen LogP contribution in [0.15, 0.2) is 48.7 Å². The topological polar surface area (TPSA) is 36.4 Å². The average Bonchev–Trinajstić information content (AvgIpc) is 3.20. The van der Waals surface area contributed by atoms with E-state index >= 15 is 0 Å². The van der Waals surface area contributed by atoms with Gasteiger partial charge in [0, 0.05) is 17.1 Å². The molecular formula is C21H18ClF3N2O. The Kier molecular flexibility index (Phi) is 4.93. The lowest BCUT2D eigenvalue weighted by molar-refractivity contribution is -0.137. The second-order valence-corrected chi connectivity index (χ2v) is 7.37. The van der Waals surface area contributed by atoms with Crippen molar-refractivity contribution in [3.63, 3.8) is 0 Å². The first kappa shape index (κ1) is 19.0. The summed E-state index contributed by atoms with van der Waals surface area (Å²) in [5.41, 5.74) is 0.925. The molecule has 4 rings (SSSR count). The number of halogens is 4. The Hall–Kier alpha value is -2.31. The van der Waals surface area contributed by atoms with E-state index in [1.54, 1.807) is 24.4 Å². The summed E-state index contributed by atoms with van der Waals surface area (Å²) in [5, 5.41) is 12.0. The molecule has 1 atom stereocenters. The predicted molar refractivity (Wildman–Crippen MR) is 103 cm³/mol. The first-order valence-corrected chi connectivity index (χ1v) is 9.41. The highest BCUT2D eigenvalue weighted by Crippen LogP contribution is 2.42. The molecule has 0 bridgehead atoms. The Bertz CT molecular complexity index is 999. The van der Waals surface area contributed by atoms with Crippen molar-refractivity contribution < 1.29 is 18.3 Å². The number of pyridine rings is 1. The minimum absolute atomic E-state index is 0.0109. The summed E-state index contributed by atoms with van der Waals surface area (Å²) in [6.45, 7) is 1.59. The van der Waals surface area contributed by atoms with E-state index in [4.69, 9.17) is 11.6 Å². The van der Waals surface area contributed by atoms with E-state index in [-0.39, 0.29) is 5.75 Å². The van der Waals surface area contributed by atoms with Crippen LogP contribution in [-0.4, -0.2) is 28.1 Å². The number of aromatic hydroxyl groups is 1. The normalized spacial score (nSPS) is 16.6. The van der Waals surface area contributed by atoms with Crippen LogP contribution >= 0.6 is 11.6 Å². The summed E-state index contributed by atoms with van der Waals surface area (Å²) in [7, 11) is 0. The van der Waals surface area contributed by atoms with Crippen LogP contribution in [0.25, 0.3) is 10.9 Å². The lowest BCUT2D eigenvalue weighted by atomic mass is 9.94. The van der Waals surface area contributed by atoms with E-state index in [1.807, 2.05) is 0 Å². The maximum atomic E-state index is 13.0. The Morgan fingerprint density at radius 2 is 1.75 bits per heavy atom. The maximum Gasteiger partial charge on any atom is 0.416 e. The molecule has 0 saturated carbocycles. The van der Waals surface area contributed by atoms with Gasteiger partial charge in [-0.25, -0.2) is 0 Å². The molecule has 7 heteroatoms. The van der Waals surface area contributed by atoms with Gasteiger partial charge in [-0.1, -0.05) is 23.7 Å². The van der Waals surface area contributed by atoms with Crippen molar-refractivity contribution in [1.29, 1.82) is 0 Å². The number of rotatable bonds is 3. The van der Waals surface area contributed by atoms with Gasteiger partial charge in [-0.15, -0.1) is 0 Å². The molecule has 0 radical (unpaired) electrons. The second kappa shape index (κ2) is 7.26. The SMILES string of the molecule is Oc1c([C@H](c2ccc(C(F)(F)F)cc2)N2CCCC2)cc(Cl)c2cccnc12. The number of phenols is 1. The molecule has 1 aliphatic heterocycles. The largest absolute Gasteiger partial charge is 0.505 e. The van der Waals surface area contributed by atoms with E-state index in [2.05, 4.69) is 9.88 Å². The van der Waals surface area contributed by atoms with Crippen LogP contribution in [0.2, 0.25) is 5.02 Å². The zero-order chi connectivity index (χ0) is 19.9. The number of phenolic OH excluding ortho intramolecular Hbond substituents is 1. The number of likely N-dealkylation sites (tertiary alicyclic amines) is 1. The molecule has 0 amide bonds. The predicted octanol–water partition coefficient (Wildman–Crippen LogP) is 5.80. The summed E-state index contributed by atoms with van der Waals surface area (Å²) < 4.78 is 38.9. The van der Waals surface area contributed by atoms with Gasteiger partial charge in [-0.3, -0.25) is 9.88 Å². The molecule has 0 spiro atoms. The minimum Gasteiger partial charge on any atom is -0.505 e. The molecule has 1 fully saturated rings. The molecule has 3 nitrogen and oxygen atoms in total. The van der Waals surface area contributed by atoms with Gasteiger partial charge in [0.15, 0.2) is 0 Å². The lowest BCUT2D eigenvalue weighted by Crippen LogP contribution is -2.27. The van der Waals surface area contributed by atoms with Gasteiger partial charge < -0.3 is 5.11 Å². The van der Waals surface area contributed by atoms with Gasteiger partial charge in [0.05, 0.1) is 16.6 Å². The highest BCUT2D eigenvalue weighted by atomic mass is 35.5. The van der Waals surface area contributed by atoms with Gasteiger partial charge in [-0.2, -0.15) is 13.2 Å². The number of nitrogens with zero attached hydrogens (tertiary/aromatic N) is 2. The van der Waals surface area contributed by atoms with Gasteiger partial charge >= 0.3 is 6.18 Å². The number of hydrogen-bond donors (Lipinski definition) is 1. The third-order valence-corrected chi connectivity index (χ3v) is 5.51. The molecule has 146 valence electrons. The van der Waals surface area contributed by atoms with E-state index in [0.29, 0.717) is 27.1 Å². The molecule has 28 heavy (non-hydrogen) atoms. The quantitative estimate of drug-likeness (QED) is 0.597. The zero-order valence-electron chi connectivity index (χ0n) is 14.9. The highest BCUT2D eigenvalue weighted by Gasteiger charge is 2.32. The molecule has 1 N–H and O–H groups in total. The van der Waals surface area contributed by atoms with Gasteiger partial charge in [0.2, 0.25) is 0 Å². The highest BCUT2D eigenvalue weighted by molar-refractivity contribution is 6.35. The van der Waals surface area contributed by atoms with E-state index < -0.39 is 17.8 Å². The van der Waals surface area contributed by atoms with Crippen molar-refractivity contribution in [1.82, 2.24) is 9.88 Å². The standard InChI is InChI=1S/C21H18ClF3N2O/c22-17-12-16(20(28)18-15(17)4-3-9-26-18)19(27-10-1-2-11-27)13-5-7-14(8-6-13)21(23,24)25/h3-9,12,19,28H,1-2,10-11H2/t19-/m0/s1. The van der Waals surface area contributed by atoms with Crippen molar-refractivity contribution in [2.45, 2.75) is 25.1 Å². The third kappa shape index (κ3) is 3.42. The maximum absolute atomic E-state index is 13.0. The van der Waals surface area contributed by atoms with Crippen molar-refractivity contribution in [2.75, 3.05) is 13.1 Å². The van der Waals surface area contributed by atoms with Gasteiger partial charge in [0.25, 0.3) is 0 Å². The smallest absolute Gasteiger partial charge is 0.416 e. The van der Waals surface area contributed by atoms with Gasteiger partial charge in [-0.05, 0) is 61.8 Å². The number of aromatic nitrogens is 1. The molecule has 3 aromatic rings. The number of benzene rings is 2. The Balaban J connectivity index is 1.86. The molecule has 1 aliphatic rings. The fraction of sp³-hybridized carbons (Fsp3) is 0.286. The molecule has 0 aliphatic carbocycles. The van der Waals surface area contributed by atoms with Crippen LogP contribution < -0.4 is 0 Å². The summed E-state index contributed by atoms with van der Waals surface area (Å²) in [6.07, 6.45) is -0.819. The van der Waals surface area contributed by atoms with Crippen LogP contribution in [0.5, 0.6) is 5.75 Å². The first-order valence-electron chi connectivity index (χ1n) is 9.03. The molecule has 1 saturated heterocycles. The first-order chi connectivity index (χ1) is 13.4. The van der Waals surface area contributed by atoms with E-state index in [1.165, 1.54) is 12.1 Å². The lowest BCUT2D eigenvalue weighted by Gasteiger charge is -2.29. The average molecular weight is 407 g/mol. The summed E-state index contributed by atoms with van der Waals surface area (Å²) >= 11 is 6.44. The Morgan fingerprint density at radius 3 is 2.39 bits per heavy atom. The summed E-state index contributed by atoms with van der Waals surface area (Å²) in [6, 6.07) is 9.92. The van der Waals surface area contributed by atoms with E-state index in [0.717, 1.165) is 38.1 Å². The van der Waals surface area contributed by atoms with Crippen molar-refractivity contribution in [3.05, 3.63) is 70.4 Å².